The number of amides is 2. The topological polar surface area (TPSA) is 58.2 Å². The van der Waals surface area contributed by atoms with Crippen LogP contribution < -0.4 is 10.6 Å². The van der Waals surface area contributed by atoms with Crippen molar-refractivity contribution in [1.29, 1.82) is 0 Å². The molecule has 0 radical (unpaired) electrons. The molecule has 0 fully saturated rings. The molecule has 2 rings (SSSR count). The highest BCUT2D eigenvalue weighted by molar-refractivity contribution is 6.87. The van der Waals surface area contributed by atoms with Gasteiger partial charge in [0.25, 0.3) is 0 Å². The molecule has 0 aliphatic heterocycles. The monoisotopic (exact) mass is 440 g/mol. The first-order chi connectivity index (χ1) is 14.0. The lowest BCUT2D eigenvalue weighted by atomic mass is 10.2. The van der Waals surface area contributed by atoms with Crippen LogP contribution in [0.25, 0.3) is 0 Å². The van der Waals surface area contributed by atoms with Gasteiger partial charge in [-0.1, -0.05) is 99.9 Å². The molecule has 0 heterocycles. The van der Waals surface area contributed by atoms with Crippen molar-refractivity contribution in [2.45, 2.75) is 63.5 Å². The Morgan fingerprint density at radius 2 is 0.933 bits per heavy atom. The number of benzene rings is 2. The highest BCUT2D eigenvalue weighted by Gasteiger charge is 2.48. The number of carbonyl (C=O) groups is 2. The molecule has 2 aromatic rings. The van der Waals surface area contributed by atoms with Gasteiger partial charge in [-0.25, -0.2) is 0 Å². The molecule has 0 aliphatic carbocycles. The zero-order valence-electron chi connectivity index (χ0n) is 19.2. The van der Waals surface area contributed by atoms with Gasteiger partial charge in [-0.2, -0.15) is 0 Å². The summed E-state index contributed by atoms with van der Waals surface area (Å²) in [5, 5.41) is 6.25. The summed E-state index contributed by atoms with van der Waals surface area (Å²) in [5.41, 5.74) is 1.61. The first-order valence-corrected chi connectivity index (χ1v) is 17.8. The van der Waals surface area contributed by atoms with Gasteiger partial charge in [0.15, 0.2) is 0 Å². The van der Waals surface area contributed by atoms with Crippen LogP contribution in [0.2, 0.25) is 50.4 Å². The van der Waals surface area contributed by atoms with Crippen LogP contribution in [0.15, 0.2) is 60.7 Å². The quantitative estimate of drug-likeness (QED) is 0.537. The first-order valence-electron chi connectivity index (χ1n) is 10.6. The molecule has 162 valence electrons. The van der Waals surface area contributed by atoms with Crippen LogP contribution in [-0.2, 0) is 22.7 Å². The maximum absolute atomic E-state index is 13.4. The number of hydrogen-bond acceptors (Lipinski definition) is 2. The molecule has 6 heteroatoms. The van der Waals surface area contributed by atoms with Crippen LogP contribution in [0.3, 0.4) is 0 Å². The van der Waals surface area contributed by atoms with Crippen molar-refractivity contribution in [3.63, 3.8) is 0 Å². The van der Waals surface area contributed by atoms with Crippen LogP contribution in [0.1, 0.15) is 11.1 Å². The normalized spacial score (nSPS) is 13.9. The molecule has 0 aliphatic rings. The van der Waals surface area contributed by atoms with Crippen molar-refractivity contribution in [3.8, 4) is 0 Å². The molecule has 2 atom stereocenters. The van der Waals surface area contributed by atoms with Gasteiger partial charge in [-0.05, 0) is 11.1 Å². The van der Waals surface area contributed by atoms with E-state index in [1.807, 2.05) is 60.7 Å². The minimum absolute atomic E-state index is 0.0142. The van der Waals surface area contributed by atoms with Crippen molar-refractivity contribution >= 4 is 28.0 Å². The second-order valence-electron chi connectivity index (χ2n) is 10.1. The van der Waals surface area contributed by atoms with Crippen LogP contribution in [0, 0.1) is 0 Å². The molecule has 2 aromatic carbocycles. The molecule has 0 saturated carbocycles. The summed E-state index contributed by atoms with van der Waals surface area (Å²) >= 11 is 0. The molecular weight excluding hydrogens is 404 g/mol. The Morgan fingerprint density at radius 3 is 1.20 bits per heavy atom. The summed E-state index contributed by atoms with van der Waals surface area (Å²) in [6.45, 7) is 14.1. The maximum Gasteiger partial charge on any atom is 0.221 e. The van der Waals surface area contributed by atoms with E-state index < -0.39 is 16.1 Å². The van der Waals surface area contributed by atoms with Gasteiger partial charge in [0.1, 0.15) is 0 Å². The van der Waals surface area contributed by atoms with Crippen molar-refractivity contribution in [1.82, 2.24) is 10.6 Å². The summed E-state index contributed by atoms with van der Waals surface area (Å²) < 4.78 is 0. The number of nitrogens with one attached hydrogen (secondary N) is 2. The van der Waals surface area contributed by atoms with E-state index in [0.717, 1.165) is 11.1 Å². The zero-order valence-corrected chi connectivity index (χ0v) is 21.2. The molecule has 0 bridgehead atoms. The van der Waals surface area contributed by atoms with E-state index in [1.165, 1.54) is 0 Å². The Labute approximate surface area is 183 Å². The third-order valence-corrected chi connectivity index (χ3v) is 10.6. The second-order valence-corrected chi connectivity index (χ2v) is 20.8. The third kappa shape index (κ3) is 6.95. The van der Waals surface area contributed by atoms with Crippen molar-refractivity contribution < 1.29 is 9.59 Å². The fourth-order valence-electron chi connectivity index (χ4n) is 3.88. The van der Waals surface area contributed by atoms with E-state index >= 15 is 0 Å². The third-order valence-electron chi connectivity index (χ3n) is 5.38. The molecule has 2 amide bonds. The van der Waals surface area contributed by atoms with Gasteiger partial charge in [0.05, 0.1) is 16.1 Å². The Balaban J connectivity index is 2.22. The van der Waals surface area contributed by atoms with Crippen molar-refractivity contribution in [3.05, 3.63) is 71.8 Å². The van der Waals surface area contributed by atoms with E-state index in [0.29, 0.717) is 13.1 Å². The number of hydrogen-bond donors (Lipinski definition) is 2. The second kappa shape index (κ2) is 10.2. The zero-order chi connectivity index (χ0) is 22.4. The van der Waals surface area contributed by atoms with Gasteiger partial charge in [0, 0.05) is 24.2 Å². The average Bonchev–Trinajstić information content (AvgIpc) is 2.68. The van der Waals surface area contributed by atoms with Crippen LogP contribution >= 0.6 is 0 Å². The lowest BCUT2D eigenvalue weighted by Gasteiger charge is -2.40. The van der Waals surface area contributed by atoms with Gasteiger partial charge in [-0.15, -0.1) is 0 Å². The lowest BCUT2D eigenvalue weighted by Crippen LogP contribution is -2.52. The largest absolute Gasteiger partial charge is 0.352 e. The molecule has 2 N–H and O–H groups in total. The molecule has 0 spiro atoms. The molecule has 4 nitrogen and oxygen atoms in total. The maximum atomic E-state index is 13.4. The summed E-state index contributed by atoms with van der Waals surface area (Å²) in [5.74, 6) is 0.0283. The average molecular weight is 441 g/mol. The number of carbonyl (C=O) groups excluding carboxylic acids is 2. The van der Waals surface area contributed by atoms with E-state index in [9.17, 15) is 9.59 Å². The highest BCUT2D eigenvalue weighted by Crippen LogP contribution is 2.41. The molecule has 0 unspecified atom stereocenters. The van der Waals surface area contributed by atoms with Gasteiger partial charge in [0.2, 0.25) is 11.8 Å². The SMILES string of the molecule is C[Si](C)(C)[C@H](C(=O)NCc1ccccc1)[C@@H](C(=O)NCc1ccccc1)[Si](C)(C)C. The van der Waals surface area contributed by atoms with E-state index in [4.69, 9.17) is 0 Å². The van der Waals surface area contributed by atoms with E-state index in [1.54, 1.807) is 0 Å². The van der Waals surface area contributed by atoms with Gasteiger partial charge < -0.3 is 10.6 Å². The van der Waals surface area contributed by atoms with Crippen LogP contribution in [-0.4, -0.2) is 28.0 Å². The van der Waals surface area contributed by atoms with Crippen molar-refractivity contribution in [2.24, 2.45) is 0 Å². The van der Waals surface area contributed by atoms with Crippen LogP contribution in [0.4, 0.5) is 0 Å². The predicted octanol–water partition coefficient (Wildman–Crippen LogP) is 5.04. The van der Waals surface area contributed by atoms with Gasteiger partial charge in [-0.3, -0.25) is 9.59 Å². The highest BCUT2D eigenvalue weighted by atomic mass is 28.3. The minimum Gasteiger partial charge on any atom is -0.352 e. The Bertz CT molecular complexity index is 756. The standard InChI is InChI=1S/C24H36N2O2Si2/c1-29(2,3)21(23(27)25-17-19-13-9-7-10-14-19)22(30(4,5)6)24(28)26-18-20-15-11-8-12-16-20/h7-16,21-22H,17-18H2,1-6H3,(H,25,27)(H,26,28)/t21-,22-/m0/s1. The predicted molar refractivity (Wildman–Crippen MR) is 131 cm³/mol. The van der Waals surface area contributed by atoms with Gasteiger partial charge >= 0.3 is 0 Å². The first kappa shape index (κ1) is 24.1. The smallest absolute Gasteiger partial charge is 0.221 e. The van der Waals surface area contributed by atoms with E-state index in [-0.39, 0.29) is 22.9 Å². The fourth-order valence-corrected chi connectivity index (χ4v) is 11.0. The summed E-state index contributed by atoms with van der Waals surface area (Å²) in [7, 11) is -3.94. The van der Waals surface area contributed by atoms with Crippen molar-refractivity contribution in [2.75, 3.05) is 0 Å². The molecular formula is C24H36N2O2Si2. The summed E-state index contributed by atoms with van der Waals surface area (Å²) in [4.78, 5) is 26.8. The Morgan fingerprint density at radius 1 is 0.633 bits per heavy atom. The molecule has 0 saturated heterocycles. The molecule has 30 heavy (non-hydrogen) atoms. The molecule has 0 aromatic heterocycles. The fraction of sp³-hybridized carbons (Fsp3) is 0.417. The number of rotatable bonds is 9. The minimum atomic E-state index is -1.97. The lowest BCUT2D eigenvalue weighted by molar-refractivity contribution is -0.126. The summed E-state index contributed by atoms with van der Waals surface area (Å²) in [6, 6.07) is 19.8. The van der Waals surface area contributed by atoms with Crippen LogP contribution in [0.5, 0.6) is 0 Å². The Kier molecular flexibility index (Phi) is 8.20. The Hall–Kier alpha value is -2.19. The van der Waals surface area contributed by atoms with E-state index in [2.05, 4.69) is 49.9 Å². The summed E-state index contributed by atoms with van der Waals surface area (Å²) in [6.07, 6.45) is 0.